The molecule has 0 saturated carbocycles. The Labute approximate surface area is 165 Å². The Morgan fingerprint density at radius 2 is 1.71 bits per heavy atom. The molecule has 1 aromatic carbocycles. The fraction of sp³-hybridized carbons (Fsp3) is 0.100. The molecular formula is C20H18N6OS. The summed E-state index contributed by atoms with van der Waals surface area (Å²) >= 11 is 1.50. The standard InChI is InChI=1S/C20H18N6OS/c27-20(16-13-14-5-1-2-6-15(14)28-16)23-12-11-22-18-8-9-19(26-25-18)24-17-7-3-4-10-21-17/h1-10,13H,11-12H2,(H,22,25)(H,23,27)(H,21,24,26). The summed E-state index contributed by atoms with van der Waals surface area (Å²) in [5.74, 6) is 1.90. The predicted octanol–water partition coefficient (Wildman–Crippen LogP) is 3.67. The van der Waals surface area contributed by atoms with E-state index in [2.05, 4.69) is 31.1 Å². The molecule has 0 saturated heterocycles. The van der Waals surface area contributed by atoms with Crippen molar-refractivity contribution in [3.05, 3.63) is 71.7 Å². The third-order valence-corrected chi connectivity index (χ3v) is 5.07. The molecule has 1 amide bonds. The van der Waals surface area contributed by atoms with Crippen molar-refractivity contribution in [1.29, 1.82) is 0 Å². The molecule has 4 rings (SSSR count). The predicted molar refractivity (Wildman–Crippen MR) is 112 cm³/mol. The first kappa shape index (κ1) is 17.9. The largest absolute Gasteiger partial charge is 0.367 e. The molecule has 28 heavy (non-hydrogen) atoms. The first-order valence-electron chi connectivity index (χ1n) is 8.80. The van der Waals surface area contributed by atoms with E-state index in [1.165, 1.54) is 11.3 Å². The highest BCUT2D eigenvalue weighted by molar-refractivity contribution is 7.20. The number of anilines is 3. The molecule has 0 bridgehead atoms. The van der Waals surface area contributed by atoms with Crippen LogP contribution >= 0.6 is 11.3 Å². The maximum atomic E-state index is 12.3. The van der Waals surface area contributed by atoms with Crippen molar-refractivity contribution in [3.8, 4) is 0 Å². The number of rotatable bonds is 7. The second-order valence-corrected chi connectivity index (χ2v) is 7.06. The molecule has 0 fully saturated rings. The summed E-state index contributed by atoms with van der Waals surface area (Å²) in [5, 5.41) is 18.4. The van der Waals surface area contributed by atoms with Gasteiger partial charge in [0.05, 0.1) is 4.88 Å². The Balaban J connectivity index is 1.24. The zero-order valence-corrected chi connectivity index (χ0v) is 15.7. The van der Waals surface area contributed by atoms with E-state index < -0.39 is 0 Å². The molecule has 140 valence electrons. The number of hydrogen-bond acceptors (Lipinski definition) is 7. The molecule has 3 aromatic heterocycles. The number of thiophene rings is 1. The van der Waals surface area contributed by atoms with Gasteiger partial charge >= 0.3 is 0 Å². The van der Waals surface area contributed by atoms with E-state index in [9.17, 15) is 4.79 Å². The first-order chi connectivity index (χ1) is 13.8. The summed E-state index contributed by atoms with van der Waals surface area (Å²) < 4.78 is 1.11. The van der Waals surface area contributed by atoms with Crippen molar-refractivity contribution < 1.29 is 4.79 Å². The first-order valence-corrected chi connectivity index (χ1v) is 9.62. The number of carbonyl (C=O) groups is 1. The van der Waals surface area contributed by atoms with Crippen LogP contribution in [-0.2, 0) is 0 Å². The molecule has 0 unspecified atom stereocenters. The topological polar surface area (TPSA) is 91.8 Å². The van der Waals surface area contributed by atoms with Crippen molar-refractivity contribution >= 4 is 44.8 Å². The van der Waals surface area contributed by atoms with Gasteiger partial charge in [0.2, 0.25) is 0 Å². The number of carbonyl (C=O) groups excluding carboxylic acids is 1. The lowest BCUT2D eigenvalue weighted by Crippen LogP contribution is -2.28. The van der Waals surface area contributed by atoms with Crippen molar-refractivity contribution in [2.45, 2.75) is 0 Å². The zero-order valence-electron chi connectivity index (χ0n) is 14.9. The van der Waals surface area contributed by atoms with Crippen LogP contribution in [0.15, 0.2) is 66.9 Å². The maximum absolute atomic E-state index is 12.3. The van der Waals surface area contributed by atoms with E-state index in [4.69, 9.17) is 0 Å². The van der Waals surface area contributed by atoms with Crippen LogP contribution in [0.4, 0.5) is 17.5 Å². The van der Waals surface area contributed by atoms with Gasteiger partial charge in [-0.05, 0) is 41.8 Å². The third kappa shape index (κ3) is 4.41. The monoisotopic (exact) mass is 390 g/mol. The van der Waals surface area contributed by atoms with Gasteiger partial charge in [0, 0.05) is 24.0 Å². The molecular weight excluding hydrogens is 372 g/mol. The van der Waals surface area contributed by atoms with Crippen LogP contribution in [0.3, 0.4) is 0 Å². The quantitative estimate of drug-likeness (QED) is 0.417. The molecule has 0 aliphatic rings. The molecule has 0 aliphatic carbocycles. The summed E-state index contributed by atoms with van der Waals surface area (Å²) in [6.45, 7) is 1.04. The lowest BCUT2D eigenvalue weighted by molar-refractivity contribution is 0.0959. The Bertz CT molecular complexity index is 1030. The average molecular weight is 390 g/mol. The van der Waals surface area contributed by atoms with Crippen molar-refractivity contribution in [2.24, 2.45) is 0 Å². The van der Waals surface area contributed by atoms with Crippen molar-refractivity contribution in [3.63, 3.8) is 0 Å². The van der Waals surface area contributed by atoms with Gasteiger partial charge in [0.25, 0.3) is 5.91 Å². The van der Waals surface area contributed by atoms with Gasteiger partial charge < -0.3 is 16.0 Å². The number of nitrogens with one attached hydrogen (secondary N) is 3. The van der Waals surface area contributed by atoms with Crippen LogP contribution in [-0.4, -0.2) is 34.2 Å². The molecule has 0 radical (unpaired) electrons. The number of pyridine rings is 1. The molecule has 4 aromatic rings. The highest BCUT2D eigenvalue weighted by Crippen LogP contribution is 2.24. The lowest BCUT2D eigenvalue weighted by Gasteiger charge is -2.07. The fourth-order valence-corrected chi connectivity index (χ4v) is 3.59. The number of hydrogen-bond donors (Lipinski definition) is 3. The smallest absolute Gasteiger partial charge is 0.261 e. The van der Waals surface area contributed by atoms with Gasteiger partial charge in [-0.3, -0.25) is 4.79 Å². The highest BCUT2D eigenvalue weighted by Gasteiger charge is 2.09. The van der Waals surface area contributed by atoms with E-state index >= 15 is 0 Å². The van der Waals surface area contributed by atoms with Gasteiger partial charge in [0.1, 0.15) is 11.6 Å². The van der Waals surface area contributed by atoms with Crippen LogP contribution in [0.1, 0.15) is 9.67 Å². The number of amides is 1. The lowest BCUT2D eigenvalue weighted by atomic mass is 10.2. The number of nitrogens with zero attached hydrogens (tertiary/aromatic N) is 3. The van der Waals surface area contributed by atoms with Gasteiger partial charge in [-0.2, -0.15) is 0 Å². The van der Waals surface area contributed by atoms with Gasteiger partial charge in [-0.15, -0.1) is 21.5 Å². The van der Waals surface area contributed by atoms with Gasteiger partial charge in [-0.1, -0.05) is 24.3 Å². The van der Waals surface area contributed by atoms with Crippen LogP contribution in [0.2, 0.25) is 0 Å². The van der Waals surface area contributed by atoms with Crippen LogP contribution < -0.4 is 16.0 Å². The maximum Gasteiger partial charge on any atom is 0.261 e. The summed E-state index contributed by atoms with van der Waals surface area (Å²) in [6, 6.07) is 19.1. The highest BCUT2D eigenvalue weighted by atomic mass is 32.1. The minimum absolute atomic E-state index is 0.0657. The summed E-state index contributed by atoms with van der Waals surface area (Å²) in [6.07, 6.45) is 1.71. The zero-order chi connectivity index (χ0) is 19.2. The number of benzene rings is 1. The second-order valence-electron chi connectivity index (χ2n) is 5.97. The van der Waals surface area contributed by atoms with E-state index in [0.717, 1.165) is 10.1 Å². The summed E-state index contributed by atoms with van der Waals surface area (Å²) in [5.41, 5.74) is 0. The van der Waals surface area contributed by atoms with Crippen LogP contribution in [0.25, 0.3) is 10.1 Å². The Kier molecular flexibility index (Phi) is 5.39. The molecule has 3 N–H and O–H groups in total. The Morgan fingerprint density at radius 1 is 0.893 bits per heavy atom. The second kappa shape index (κ2) is 8.45. The summed E-state index contributed by atoms with van der Waals surface area (Å²) in [4.78, 5) is 17.2. The van der Waals surface area contributed by atoms with Crippen molar-refractivity contribution in [2.75, 3.05) is 23.7 Å². The van der Waals surface area contributed by atoms with Crippen LogP contribution in [0.5, 0.6) is 0 Å². The van der Waals surface area contributed by atoms with Gasteiger partial charge in [-0.25, -0.2) is 4.98 Å². The molecule has 0 atom stereocenters. The summed E-state index contributed by atoms with van der Waals surface area (Å²) in [7, 11) is 0. The Morgan fingerprint density at radius 3 is 2.50 bits per heavy atom. The minimum atomic E-state index is -0.0657. The third-order valence-electron chi connectivity index (χ3n) is 3.95. The normalized spacial score (nSPS) is 10.6. The van der Waals surface area contributed by atoms with Crippen molar-refractivity contribution in [1.82, 2.24) is 20.5 Å². The SMILES string of the molecule is O=C(NCCNc1ccc(Nc2ccccn2)nn1)c1cc2ccccc2s1. The van der Waals surface area contributed by atoms with E-state index in [-0.39, 0.29) is 5.91 Å². The Hall–Kier alpha value is -3.52. The van der Waals surface area contributed by atoms with Gasteiger partial charge in [0.15, 0.2) is 5.82 Å². The van der Waals surface area contributed by atoms with Crippen LogP contribution in [0, 0.1) is 0 Å². The van der Waals surface area contributed by atoms with E-state index in [1.54, 1.807) is 6.20 Å². The molecule has 0 spiro atoms. The molecule has 8 heteroatoms. The molecule has 7 nitrogen and oxygen atoms in total. The molecule has 3 heterocycles. The van der Waals surface area contributed by atoms with E-state index in [1.807, 2.05) is 60.7 Å². The van der Waals surface area contributed by atoms with E-state index in [0.29, 0.717) is 35.4 Å². The number of fused-ring (bicyclic) bond motifs is 1. The molecule has 0 aliphatic heterocycles. The average Bonchev–Trinajstić information content (AvgIpc) is 3.17. The number of aromatic nitrogens is 3. The fourth-order valence-electron chi connectivity index (χ4n) is 2.61. The minimum Gasteiger partial charge on any atom is -0.367 e.